The SMILES string of the molecule is O=CN1CCc2cc(S(=O)(=O)N3CCCCCC3)ccc21. The monoisotopic (exact) mass is 308 g/mol. The first kappa shape index (κ1) is 14.5. The van der Waals surface area contributed by atoms with Gasteiger partial charge in [-0.05, 0) is 43.0 Å². The summed E-state index contributed by atoms with van der Waals surface area (Å²) in [5.74, 6) is 0. The number of amides is 1. The van der Waals surface area contributed by atoms with Crippen molar-refractivity contribution in [2.24, 2.45) is 0 Å². The fourth-order valence-electron chi connectivity index (χ4n) is 3.10. The molecule has 0 radical (unpaired) electrons. The second kappa shape index (κ2) is 5.77. The number of rotatable bonds is 3. The maximum Gasteiger partial charge on any atom is 0.243 e. The van der Waals surface area contributed by atoms with Crippen LogP contribution in [0, 0.1) is 0 Å². The highest BCUT2D eigenvalue weighted by Crippen LogP contribution is 2.30. The van der Waals surface area contributed by atoms with E-state index in [0.29, 0.717) is 24.5 Å². The van der Waals surface area contributed by atoms with Crippen molar-refractivity contribution in [2.45, 2.75) is 37.0 Å². The lowest BCUT2D eigenvalue weighted by Crippen LogP contribution is -2.32. The van der Waals surface area contributed by atoms with Gasteiger partial charge in [0.15, 0.2) is 0 Å². The number of fused-ring (bicyclic) bond motifs is 1. The molecule has 2 aliphatic heterocycles. The summed E-state index contributed by atoms with van der Waals surface area (Å²) in [6.07, 6.45) is 5.59. The fourth-order valence-corrected chi connectivity index (χ4v) is 4.67. The van der Waals surface area contributed by atoms with Gasteiger partial charge in [-0.25, -0.2) is 8.42 Å². The van der Waals surface area contributed by atoms with E-state index in [9.17, 15) is 13.2 Å². The molecule has 114 valence electrons. The summed E-state index contributed by atoms with van der Waals surface area (Å²) in [6.45, 7) is 1.85. The van der Waals surface area contributed by atoms with E-state index < -0.39 is 10.0 Å². The van der Waals surface area contributed by atoms with E-state index in [0.717, 1.165) is 49.8 Å². The van der Waals surface area contributed by atoms with Crippen molar-refractivity contribution in [2.75, 3.05) is 24.5 Å². The number of carbonyl (C=O) groups is 1. The third-order valence-corrected chi connectivity index (χ3v) is 6.21. The van der Waals surface area contributed by atoms with Crippen LogP contribution in [0.5, 0.6) is 0 Å². The molecule has 0 unspecified atom stereocenters. The Morgan fingerprint density at radius 1 is 1.00 bits per heavy atom. The maximum atomic E-state index is 12.7. The minimum Gasteiger partial charge on any atom is -0.314 e. The van der Waals surface area contributed by atoms with Gasteiger partial charge < -0.3 is 4.90 Å². The van der Waals surface area contributed by atoms with Crippen molar-refractivity contribution in [3.8, 4) is 0 Å². The van der Waals surface area contributed by atoms with E-state index in [4.69, 9.17) is 0 Å². The number of carbonyl (C=O) groups excluding carboxylic acids is 1. The summed E-state index contributed by atoms with van der Waals surface area (Å²) >= 11 is 0. The Morgan fingerprint density at radius 2 is 1.71 bits per heavy atom. The number of sulfonamides is 1. The second-order valence-corrected chi connectivity index (χ2v) is 7.60. The van der Waals surface area contributed by atoms with Gasteiger partial charge in [-0.3, -0.25) is 4.79 Å². The fraction of sp³-hybridized carbons (Fsp3) is 0.533. The van der Waals surface area contributed by atoms with Gasteiger partial charge >= 0.3 is 0 Å². The van der Waals surface area contributed by atoms with Crippen LogP contribution < -0.4 is 4.90 Å². The van der Waals surface area contributed by atoms with Gasteiger partial charge in [0.25, 0.3) is 0 Å². The first-order valence-corrected chi connectivity index (χ1v) is 8.92. The van der Waals surface area contributed by atoms with Gasteiger partial charge in [0, 0.05) is 25.3 Å². The zero-order chi connectivity index (χ0) is 14.9. The van der Waals surface area contributed by atoms with Crippen LogP contribution in [0.25, 0.3) is 0 Å². The van der Waals surface area contributed by atoms with Crippen molar-refractivity contribution >= 4 is 22.1 Å². The van der Waals surface area contributed by atoms with Crippen LogP contribution in [0.3, 0.4) is 0 Å². The van der Waals surface area contributed by atoms with Crippen LogP contribution in [0.15, 0.2) is 23.1 Å². The predicted octanol–water partition coefficient (Wildman–Crippen LogP) is 1.77. The molecule has 6 heteroatoms. The summed E-state index contributed by atoms with van der Waals surface area (Å²) in [5.41, 5.74) is 1.78. The van der Waals surface area contributed by atoms with Crippen molar-refractivity contribution in [1.82, 2.24) is 4.31 Å². The standard InChI is InChI=1S/C15H20N2O3S/c18-12-16-10-7-13-11-14(5-6-15(13)16)21(19,20)17-8-3-1-2-4-9-17/h5-6,11-12H,1-4,7-10H2. The molecule has 0 aliphatic carbocycles. The molecule has 0 aromatic heterocycles. The molecule has 2 heterocycles. The molecule has 0 N–H and O–H groups in total. The highest BCUT2D eigenvalue weighted by molar-refractivity contribution is 7.89. The Hall–Kier alpha value is -1.40. The highest BCUT2D eigenvalue weighted by atomic mass is 32.2. The predicted molar refractivity (Wildman–Crippen MR) is 80.8 cm³/mol. The maximum absolute atomic E-state index is 12.7. The van der Waals surface area contributed by atoms with Crippen molar-refractivity contribution in [3.05, 3.63) is 23.8 Å². The van der Waals surface area contributed by atoms with Gasteiger partial charge in [-0.2, -0.15) is 4.31 Å². The molecule has 0 atom stereocenters. The molecule has 2 aliphatic rings. The lowest BCUT2D eigenvalue weighted by Gasteiger charge is -2.20. The largest absolute Gasteiger partial charge is 0.314 e. The molecule has 21 heavy (non-hydrogen) atoms. The zero-order valence-electron chi connectivity index (χ0n) is 12.0. The van der Waals surface area contributed by atoms with E-state index in [1.807, 2.05) is 0 Å². The Kier molecular flexibility index (Phi) is 3.99. The quantitative estimate of drug-likeness (QED) is 0.800. The minimum absolute atomic E-state index is 0.357. The van der Waals surface area contributed by atoms with Gasteiger partial charge in [0.05, 0.1) is 4.90 Å². The van der Waals surface area contributed by atoms with Gasteiger partial charge in [0.2, 0.25) is 16.4 Å². The van der Waals surface area contributed by atoms with Gasteiger partial charge in [-0.15, -0.1) is 0 Å². The molecule has 0 spiro atoms. The second-order valence-electron chi connectivity index (χ2n) is 5.66. The van der Waals surface area contributed by atoms with Crippen molar-refractivity contribution in [1.29, 1.82) is 0 Å². The lowest BCUT2D eigenvalue weighted by atomic mass is 10.2. The van der Waals surface area contributed by atoms with Crippen LogP contribution >= 0.6 is 0 Å². The average Bonchev–Trinajstić information content (AvgIpc) is 2.70. The van der Waals surface area contributed by atoms with E-state index in [-0.39, 0.29) is 0 Å². The average molecular weight is 308 g/mol. The molecule has 1 aromatic rings. The Balaban J connectivity index is 1.91. The summed E-state index contributed by atoms with van der Waals surface area (Å²) in [7, 11) is -3.40. The minimum atomic E-state index is -3.40. The molecule has 1 amide bonds. The number of hydrogen-bond acceptors (Lipinski definition) is 3. The third-order valence-electron chi connectivity index (χ3n) is 4.31. The first-order chi connectivity index (χ1) is 10.1. The summed E-state index contributed by atoms with van der Waals surface area (Å²) in [6, 6.07) is 5.11. The Bertz CT molecular complexity index is 634. The molecule has 3 rings (SSSR count). The summed E-state index contributed by atoms with van der Waals surface area (Å²) < 4.78 is 27.1. The van der Waals surface area contributed by atoms with E-state index in [1.54, 1.807) is 27.4 Å². The van der Waals surface area contributed by atoms with E-state index in [2.05, 4.69) is 0 Å². The molecule has 0 saturated carbocycles. The van der Waals surface area contributed by atoms with Crippen LogP contribution in [0.4, 0.5) is 5.69 Å². The Labute approximate surface area is 125 Å². The molecule has 0 bridgehead atoms. The smallest absolute Gasteiger partial charge is 0.243 e. The number of nitrogens with zero attached hydrogens (tertiary/aromatic N) is 2. The van der Waals surface area contributed by atoms with Crippen LogP contribution in [0.2, 0.25) is 0 Å². The number of benzene rings is 1. The van der Waals surface area contributed by atoms with Gasteiger partial charge in [-0.1, -0.05) is 12.8 Å². The van der Waals surface area contributed by atoms with Crippen LogP contribution in [0.1, 0.15) is 31.2 Å². The molecule has 1 aromatic carbocycles. The summed E-state index contributed by atoms with van der Waals surface area (Å²) in [5, 5.41) is 0. The number of hydrogen-bond donors (Lipinski definition) is 0. The highest BCUT2D eigenvalue weighted by Gasteiger charge is 2.27. The van der Waals surface area contributed by atoms with Crippen LogP contribution in [-0.2, 0) is 21.2 Å². The molecular weight excluding hydrogens is 288 g/mol. The van der Waals surface area contributed by atoms with Crippen molar-refractivity contribution in [3.63, 3.8) is 0 Å². The van der Waals surface area contributed by atoms with E-state index >= 15 is 0 Å². The number of anilines is 1. The van der Waals surface area contributed by atoms with Crippen LogP contribution in [-0.4, -0.2) is 38.8 Å². The molecule has 5 nitrogen and oxygen atoms in total. The Morgan fingerprint density at radius 3 is 2.38 bits per heavy atom. The molecule has 1 fully saturated rings. The third kappa shape index (κ3) is 2.70. The van der Waals surface area contributed by atoms with Gasteiger partial charge in [0.1, 0.15) is 0 Å². The molecular formula is C15H20N2O3S. The lowest BCUT2D eigenvalue weighted by molar-refractivity contribution is -0.107. The molecule has 1 saturated heterocycles. The normalized spacial score (nSPS) is 20.1. The first-order valence-electron chi connectivity index (χ1n) is 7.48. The van der Waals surface area contributed by atoms with E-state index in [1.165, 1.54) is 0 Å². The van der Waals surface area contributed by atoms with Crippen molar-refractivity contribution < 1.29 is 13.2 Å². The summed E-state index contributed by atoms with van der Waals surface area (Å²) in [4.78, 5) is 12.9. The topological polar surface area (TPSA) is 57.7 Å². The zero-order valence-corrected chi connectivity index (χ0v) is 12.8.